The zero-order valence-corrected chi connectivity index (χ0v) is 12.0. The summed E-state index contributed by atoms with van der Waals surface area (Å²) in [6.07, 6.45) is 4.25. The molecule has 1 atom stereocenters. The monoisotopic (exact) mass is 280 g/mol. The molecule has 1 fully saturated rings. The largest absolute Gasteiger partial charge is 0.349 e. The standard InChI is InChI=1S/C15H21ClN2O/c1-11(12-5-4-6-13(16)9-12)14(19)18-15(10-17)7-2-3-8-15/h4-6,9,11H,2-3,7-8,10,17H2,1H3,(H,18,19). The van der Waals surface area contributed by atoms with Crippen LogP contribution in [0.15, 0.2) is 24.3 Å². The Bertz CT molecular complexity index is 455. The van der Waals surface area contributed by atoms with Crippen molar-refractivity contribution in [3.05, 3.63) is 34.9 Å². The van der Waals surface area contributed by atoms with E-state index in [4.69, 9.17) is 17.3 Å². The molecule has 3 N–H and O–H groups in total. The molecule has 1 aliphatic rings. The minimum absolute atomic E-state index is 0.0367. The summed E-state index contributed by atoms with van der Waals surface area (Å²) in [5.74, 6) is -0.169. The number of carbonyl (C=O) groups excluding carboxylic acids is 1. The van der Waals surface area contributed by atoms with Crippen LogP contribution in [0, 0.1) is 0 Å². The molecule has 3 nitrogen and oxygen atoms in total. The van der Waals surface area contributed by atoms with Crippen LogP contribution >= 0.6 is 11.6 Å². The van der Waals surface area contributed by atoms with Gasteiger partial charge in [0.15, 0.2) is 0 Å². The van der Waals surface area contributed by atoms with Crippen molar-refractivity contribution in [2.75, 3.05) is 6.54 Å². The van der Waals surface area contributed by atoms with E-state index in [1.807, 2.05) is 31.2 Å². The number of nitrogens with one attached hydrogen (secondary N) is 1. The Hall–Kier alpha value is -1.06. The van der Waals surface area contributed by atoms with Crippen LogP contribution in [0.4, 0.5) is 0 Å². The lowest BCUT2D eigenvalue weighted by molar-refractivity contribution is -0.124. The van der Waals surface area contributed by atoms with Crippen LogP contribution in [-0.4, -0.2) is 18.0 Å². The van der Waals surface area contributed by atoms with E-state index in [-0.39, 0.29) is 17.4 Å². The highest BCUT2D eigenvalue weighted by Crippen LogP contribution is 2.30. The first-order chi connectivity index (χ1) is 9.06. The summed E-state index contributed by atoms with van der Waals surface area (Å²) in [5.41, 5.74) is 6.59. The van der Waals surface area contributed by atoms with Crippen LogP contribution in [0.2, 0.25) is 5.02 Å². The summed E-state index contributed by atoms with van der Waals surface area (Å²) >= 11 is 5.97. The van der Waals surface area contributed by atoms with Gasteiger partial charge in [0, 0.05) is 11.6 Å². The highest BCUT2D eigenvalue weighted by molar-refractivity contribution is 6.30. The molecule has 4 heteroatoms. The normalized spacial score (nSPS) is 19.1. The quantitative estimate of drug-likeness (QED) is 0.891. The molecule has 1 aromatic rings. The smallest absolute Gasteiger partial charge is 0.227 e. The number of carbonyl (C=O) groups is 1. The van der Waals surface area contributed by atoms with E-state index >= 15 is 0 Å². The second-order valence-electron chi connectivity index (χ2n) is 5.46. The van der Waals surface area contributed by atoms with Gasteiger partial charge < -0.3 is 11.1 Å². The van der Waals surface area contributed by atoms with Gasteiger partial charge in [-0.25, -0.2) is 0 Å². The Morgan fingerprint density at radius 1 is 1.47 bits per heavy atom. The highest BCUT2D eigenvalue weighted by atomic mass is 35.5. The van der Waals surface area contributed by atoms with Gasteiger partial charge in [-0.3, -0.25) is 4.79 Å². The van der Waals surface area contributed by atoms with E-state index in [0.29, 0.717) is 11.6 Å². The molecule has 0 aliphatic heterocycles. The summed E-state index contributed by atoms with van der Waals surface area (Å²) in [4.78, 5) is 12.4. The predicted octanol–water partition coefficient (Wildman–Crippen LogP) is 2.83. The minimum Gasteiger partial charge on any atom is -0.349 e. The fraction of sp³-hybridized carbons (Fsp3) is 0.533. The average Bonchev–Trinajstić information content (AvgIpc) is 2.87. The third-order valence-electron chi connectivity index (χ3n) is 4.08. The fourth-order valence-corrected chi connectivity index (χ4v) is 2.93. The molecular weight excluding hydrogens is 260 g/mol. The fourth-order valence-electron chi connectivity index (χ4n) is 2.73. The number of hydrogen-bond acceptors (Lipinski definition) is 2. The van der Waals surface area contributed by atoms with Crippen molar-refractivity contribution >= 4 is 17.5 Å². The molecule has 1 unspecified atom stereocenters. The summed E-state index contributed by atoms with van der Waals surface area (Å²) in [5, 5.41) is 3.81. The van der Waals surface area contributed by atoms with E-state index in [2.05, 4.69) is 5.32 Å². The maximum atomic E-state index is 12.4. The molecule has 0 radical (unpaired) electrons. The van der Waals surface area contributed by atoms with Crippen LogP contribution in [0.25, 0.3) is 0 Å². The maximum absolute atomic E-state index is 12.4. The molecule has 0 spiro atoms. The first-order valence-corrected chi connectivity index (χ1v) is 7.22. The summed E-state index contributed by atoms with van der Waals surface area (Å²) in [7, 11) is 0. The lowest BCUT2D eigenvalue weighted by Crippen LogP contribution is -2.52. The van der Waals surface area contributed by atoms with Crippen LogP contribution in [0.5, 0.6) is 0 Å². The lowest BCUT2D eigenvalue weighted by atomic mass is 9.94. The van der Waals surface area contributed by atoms with E-state index in [1.165, 1.54) is 0 Å². The molecule has 0 bridgehead atoms. The van der Waals surface area contributed by atoms with Crippen LogP contribution in [0.3, 0.4) is 0 Å². The second-order valence-corrected chi connectivity index (χ2v) is 5.89. The Balaban J connectivity index is 2.07. The van der Waals surface area contributed by atoms with E-state index in [0.717, 1.165) is 31.2 Å². The van der Waals surface area contributed by atoms with E-state index < -0.39 is 0 Å². The lowest BCUT2D eigenvalue weighted by Gasteiger charge is -2.30. The number of halogens is 1. The van der Waals surface area contributed by atoms with Gasteiger partial charge in [0.2, 0.25) is 5.91 Å². The highest BCUT2D eigenvalue weighted by Gasteiger charge is 2.35. The van der Waals surface area contributed by atoms with Crippen molar-refractivity contribution < 1.29 is 4.79 Å². The van der Waals surface area contributed by atoms with Crippen LogP contribution in [-0.2, 0) is 4.79 Å². The van der Waals surface area contributed by atoms with Gasteiger partial charge in [-0.1, -0.05) is 36.6 Å². The molecule has 2 rings (SSSR count). The Kier molecular flexibility index (Phi) is 4.48. The number of hydrogen-bond donors (Lipinski definition) is 2. The Morgan fingerprint density at radius 2 is 2.16 bits per heavy atom. The summed E-state index contributed by atoms with van der Waals surface area (Å²) in [6, 6.07) is 7.46. The average molecular weight is 281 g/mol. The second kappa shape index (κ2) is 5.93. The molecular formula is C15H21ClN2O. The SMILES string of the molecule is CC(C(=O)NC1(CN)CCCC1)c1cccc(Cl)c1. The van der Waals surface area contributed by atoms with Gasteiger partial charge in [0.05, 0.1) is 11.5 Å². The molecule has 1 aromatic carbocycles. The molecule has 0 aromatic heterocycles. The van der Waals surface area contributed by atoms with Gasteiger partial charge in [-0.15, -0.1) is 0 Å². The van der Waals surface area contributed by atoms with Gasteiger partial charge in [0.25, 0.3) is 0 Å². The first-order valence-electron chi connectivity index (χ1n) is 6.84. The number of amides is 1. The van der Waals surface area contributed by atoms with Gasteiger partial charge in [-0.05, 0) is 37.5 Å². The van der Waals surface area contributed by atoms with Crippen LogP contribution < -0.4 is 11.1 Å². The van der Waals surface area contributed by atoms with Gasteiger partial charge in [-0.2, -0.15) is 0 Å². The third kappa shape index (κ3) is 3.28. The predicted molar refractivity (Wildman–Crippen MR) is 78.3 cm³/mol. The van der Waals surface area contributed by atoms with Crippen molar-refractivity contribution in [2.24, 2.45) is 5.73 Å². The molecule has 104 valence electrons. The summed E-state index contributed by atoms with van der Waals surface area (Å²) < 4.78 is 0. The topological polar surface area (TPSA) is 55.1 Å². The zero-order chi connectivity index (χ0) is 13.9. The molecule has 1 amide bonds. The van der Waals surface area contributed by atoms with Gasteiger partial charge in [0.1, 0.15) is 0 Å². The van der Waals surface area contributed by atoms with Crippen molar-refractivity contribution in [3.63, 3.8) is 0 Å². The minimum atomic E-state index is -0.206. The van der Waals surface area contributed by atoms with Gasteiger partial charge >= 0.3 is 0 Å². The molecule has 1 saturated carbocycles. The number of benzene rings is 1. The first kappa shape index (κ1) is 14.4. The molecule has 0 saturated heterocycles. The van der Waals surface area contributed by atoms with Crippen LogP contribution in [0.1, 0.15) is 44.1 Å². The molecule has 19 heavy (non-hydrogen) atoms. The van der Waals surface area contributed by atoms with Crippen molar-refractivity contribution in [1.82, 2.24) is 5.32 Å². The van der Waals surface area contributed by atoms with Crippen molar-refractivity contribution in [2.45, 2.75) is 44.1 Å². The maximum Gasteiger partial charge on any atom is 0.227 e. The molecule has 0 heterocycles. The zero-order valence-electron chi connectivity index (χ0n) is 11.3. The van der Waals surface area contributed by atoms with Crippen molar-refractivity contribution in [1.29, 1.82) is 0 Å². The molecule has 1 aliphatic carbocycles. The summed E-state index contributed by atoms with van der Waals surface area (Å²) in [6.45, 7) is 2.42. The Morgan fingerprint density at radius 3 is 2.74 bits per heavy atom. The Labute approximate surface area is 119 Å². The number of rotatable bonds is 4. The van der Waals surface area contributed by atoms with E-state index in [1.54, 1.807) is 0 Å². The third-order valence-corrected chi connectivity index (χ3v) is 4.32. The van der Waals surface area contributed by atoms with E-state index in [9.17, 15) is 4.79 Å². The van der Waals surface area contributed by atoms with Crippen molar-refractivity contribution in [3.8, 4) is 0 Å². The number of nitrogens with two attached hydrogens (primary N) is 1.